The maximum atomic E-state index is 12.1. The minimum absolute atomic E-state index is 0.253. The van der Waals surface area contributed by atoms with Crippen LogP contribution in [0.3, 0.4) is 0 Å². The van der Waals surface area contributed by atoms with Gasteiger partial charge in [-0.3, -0.25) is 4.79 Å². The van der Waals surface area contributed by atoms with Crippen molar-refractivity contribution in [3.63, 3.8) is 0 Å². The van der Waals surface area contributed by atoms with Gasteiger partial charge in [0, 0.05) is 30.1 Å². The highest BCUT2D eigenvalue weighted by Crippen LogP contribution is 2.14. The zero-order valence-corrected chi connectivity index (χ0v) is 10.6. The lowest BCUT2D eigenvalue weighted by atomic mass is 10.1. The van der Waals surface area contributed by atoms with E-state index in [2.05, 4.69) is 19.2 Å². The highest BCUT2D eigenvalue weighted by molar-refractivity contribution is 7.10. The zero-order valence-electron chi connectivity index (χ0n) is 9.77. The van der Waals surface area contributed by atoms with Crippen LogP contribution in [-0.4, -0.2) is 36.0 Å². The largest absolute Gasteiger partial charge is 0.337 e. The molecule has 2 rings (SSSR count). The summed E-state index contributed by atoms with van der Waals surface area (Å²) in [6.45, 7) is 5.98. The average molecular weight is 238 g/mol. The number of hydrogen-bond donors (Lipinski definition) is 1. The third-order valence-electron chi connectivity index (χ3n) is 3.26. The van der Waals surface area contributed by atoms with Crippen LogP contribution in [0, 0.1) is 0 Å². The van der Waals surface area contributed by atoms with Crippen LogP contribution in [0.2, 0.25) is 0 Å². The van der Waals surface area contributed by atoms with E-state index in [1.807, 2.05) is 22.4 Å². The van der Waals surface area contributed by atoms with Crippen molar-refractivity contribution in [2.24, 2.45) is 0 Å². The van der Waals surface area contributed by atoms with Gasteiger partial charge < -0.3 is 10.2 Å². The zero-order chi connectivity index (χ0) is 11.5. The Hall–Kier alpha value is -0.870. The van der Waals surface area contributed by atoms with E-state index in [1.54, 1.807) is 11.3 Å². The molecule has 1 aromatic rings. The highest BCUT2D eigenvalue weighted by atomic mass is 32.1. The van der Waals surface area contributed by atoms with Crippen LogP contribution in [0.1, 0.15) is 18.7 Å². The summed E-state index contributed by atoms with van der Waals surface area (Å²) in [5.41, 5.74) is 0. The van der Waals surface area contributed by atoms with Crippen LogP contribution < -0.4 is 5.32 Å². The highest BCUT2D eigenvalue weighted by Gasteiger charge is 2.27. The van der Waals surface area contributed by atoms with Crippen LogP contribution in [0.5, 0.6) is 0 Å². The van der Waals surface area contributed by atoms with E-state index in [4.69, 9.17) is 0 Å². The summed E-state index contributed by atoms with van der Waals surface area (Å²) in [6, 6.07) is 4.71. The Kier molecular flexibility index (Phi) is 3.61. The van der Waals surface area contributed by atoms with Crippen molar-refractivity contribution in [1.82, 2.24) is 10.2 Å². The van der Waals surface area contributed by atoms with E-state index in [9.17, 15) is 4.79 Å². The summed E-state index contributed by atoms with van der Waals surface area (Å²) in [6.07, 6.45) is 0.550. The monoisotopic (exact) mass is 238 g/mol. The van der Waals surface area contributed by atoms with E-state index in [-0.39, 0.29) is 5.91 Å². The minimum Gasteiger partial charge on any atom is -0.337 e. The second kappa shape index (κ2) is 4.97. The molecule has 0 saturated carbocycles. The first kappa shape index (κ1) is 11.6. The molecule has 1 aliphatic rings. The van der Waals surface area contributed by atoms with Gasteiger partial charge in [0.25, 0.3) is 0 Å². The Morgan fingerprint density at radius 1 is 1.62 bits per heavy atom. The molecule has 1 aliphatic heterocycles. The molecule has 1 fully saturated rings. The Balaban J connectivity index is 1.98. The van der Waals surface area contributed by atoms with E-state index in [0.717, 1.165) is 18.0 Å². The van der Waals surface area contributed by atoms with Crippen molar-refractivity contribution in [2.75, 3.05) is 13.1 Å². The number of amides is 1. The maximum absolute atomic E-state index is 12.1. The van der Waals surface area contributed by atoms with Crippen molar-refractivity contribution in [2.45, 2.75) is 32.4 Å². The van der Waals surface area contributed by atoms with Gasteiger partial charge in [0.1, 0.15) is 0 Å². The van der Waals surface area contributed by atoms with Gasteiger partial charge >= 0.3 is 0 Å². The summed E-state index contributed by atoms with van der Waals surface area (Å²) in [7, 11) is 0. The standard InChI is InChI=1S/C12H18N2OS/c1-9-10(2)14(6-5-13-9)12(15)8-11-4-3-7-16-11/h3-4,7,9-10,13H,5-6,8H2,1-2H3. The molecule has 16 heavy (non-hydrogen) atoms. The van der Waals surface area contributed by atoms with Gasteiger partial charge in [-0.15, -0.1) is 11.3 Å². The number of carbonyl (C=O) groups excluding carboxylic acids is 1. The van der Waals surface area contributed by atoms with Crippen molar-refractivity contribution in [3.05, 3.63) is 22.4 Å². The second-order valence-corrected chi connectivity index (χ2v) is 5.36. The fraction of sp³-hybridized carbons (Fsp3) is 0.583. The Morgan fingerprint density at radius 2 is 2.44 bits per heavy atom. The fourth-order valence-corrected chi connectivity index (χ4v) is 2.77. The van der Waals surface area contributed by atoms with E-state index in [0.29, 0.717) is 18.5 Å². The van der Waals surface area contributed by atoms with Crippen LogP contribution in [-0.2, 0) is 11.2 Å². The molecule has 4 heteroatoms. The molecule has 0 spiro atoms. The molecule has 2 heterocycles. The molecule has 2 atom stereocenters. The lowest BCUT2D eigenvalue weighted by molar-refractivity contribution is -0.134. The Labute approximate surface area is 100 Å². The van der Waals surface area contributed by atoms with Gasteiger partial charge in [0.15, 0.2) is 0 Å². The molecule has 88 valence electrons. The summed E-state index contributed by atoms with van der Waals surface area (Å²) >= 11 is 1.65. The second-order valence-electron chi connectivity index (χ2n) is 4.33. The molecular weight excluding hydrogens is 220 g/mol. The lowest BCUT2D eigenvalue weighted by Crippen LogP contribution is -2.57. The normalized spacial score (nSPS) is 25.8. The first-order chi connectivity index (χ1) is 7.68. The summed E-state index contributed by atoms with van der Waals surface area (Å²) < 4.78 is 0. The van der Waals surface area contributed by atoms with Gasteiger partial charge in [0.2, 0.25) is 5.91 Å². The van der Waals surface area contributed by atoms with Crippen LogP contribution in [0.4, 0.5) is 0 Å². The Morgan fingerprint density at radius 3 is 3.12 bits per heavy atom. The molecule has 2 unspecified atom stereocenters. The van der Waals surface area contributed by atoms with Gasteiger partial charge in [-0.2, -0.15) is 0 Å². The van der Waals surface area contributed by atoms with Gasteiger partial charge in [-0.25, -0.2) is 0 Å². The van der Waals surface area contributed by atoms with E-state index in [1.165, 1.54) is 0 Å². The SMILES string of the molecule is CC1NCCN(C(=O)Cc2cccs2)C1C. The van der Waals surface area contributed by atoms with Gasteiger partial charge in [-0.1, -0.05) is 6.07 Å². The number of piperazine rings is 1. The molecule has 3 nitrogen and oxygen atoms in total. The quantitative estimate of drug-likeness (QED) is 0.847. The van der Waals surface area contributed by atoms with Gasteiger partial charge in [-0.05, 0) is 25.3 Å². The van der Waals surface area contributed by atoms with E-state index < -0.39 is 0 Å². The molecule has 0 radical (unpaired) electrons. The third kappa shape index (κ3) is 2.44. The van der Waals surface area contributed by atoms with Crippen molar-refractivity contribution in [3.8, 4) is 0 Å². The number of rotatable bonds is 2. The maximum Gasteiger partial charge on any atom is 0.228 e. The van der Waals surface area contributed by atoms with Gasteiger partial charge in [0.05, 0.1) is 6.42 Å². The molecule has 1 saturated heterocycles. The summed E-state index contributed by atoms with van der Waals surface area (Å²) in [4.78, 5) is 15.3. The van der Waals surface area contributed by atoms with Crippen LogP contribution >= 0.6 is 11.3 Å². The predicted molar refractivity (Wildman–Crippen MR) is 66.7 cm³/mol. The number of carbonyl (C=O) groups is 1. The minimum atomic E-state index is 0.253. The average Bonchev–Trinajstić information content (AvgIpc) is 2.74. The van der Waals surface area contributed by atoms with Crippen molar-refractivity contribution >= 4 is 17.2 Å². The lowest BCUT2D eigenvalue weighted by Gasteiger charge is -2.38. The molecule has 1 N–H and O–H groups in total. The molecule has 0 bridgehead atoms. The number of nitrogens with zero attached hydrogens (tertiary/aromatic N) is 1. The molecule has 1 aromatic heterocycles. The topological polar surface area (TPSA) is 32.3 Å². The molecular formula is C12H18N2OS. The first-order valence-electron chi connectivity index (χ1n) is 5.73. The summed E-state index contributed by atoms with van der Waals surface area (Å²) in [5, 5.41) is 5.40. The summed E-state index contributed by atoms with van der Waals surface area (Å²) in [5.74, 6) is 0.253. The number of nitrogens with one attached hydrogen (secondary N) is 1. The van der Waals surface area contributed by atoms with Crippen molar-refractivity contribution < 1.29 is 4.79 Å². The number of thiophene rings is 1. The molecule has 0 aliphatic carbocycles. The smallest absolute Gasteiger partial charge is 0.228 e. The van der Waals surface area contributed by atoms with Crippen molar-refractivity contribution in [1.29, 1.82) is 0 Å². The number of hydrogen-bond acceptors (Lipinski definition) is 3. The Bertz CT molecular complexity index is 350. The predicted octanol–water partition coefficient (Wildman–Crippen LogP) is 1.50. The van der Waals surface area contributed by atoms with E-state index >= 15 is 0 Å². The van der Waals surface area contributed by atoms with Crippen LogP contribution in [0.25, 0.3) is 0 Å². The molecule has 1 amide bonds. The molecule has 0 aromatic carbocycles. The fourth-order valence-electron chi connectivity index (χ4n) is 2.07. The first-order valence-corrected chi connectivity index (χ1v) is 6.61. The van der Waals surface area contributed by atoms with Crippen LogP contribution in [0.15, 0.2) is 17.5 Å². The third-order valence-corrected chi connectivity index (χ3v) is 4.14.